The summed E-state index contributed by atoms with van der Waals surface area (Å²) in [4.78, 5) is 31.1. The van der Waals surface area contributed by atoms with Crippen molar-refractivity contribution in [3.05, 3.63) is 70.2 Å². The average Bonchev–Trinajstić information content (AvgIpc) is 3.64. The van der Waals surface area contributed by atoms with Crippen LogP contribution in [0.3, 0.4) is 0 Å². The number of benzene rings is 1. The number of aliphatic hydroxyl groups excluding tert-OH is 1. The molecule has 180 valence electrons. The van der Waals surface area contributed by atoms with Gasteiger partial charge in [0.05, 0.1) is 18.2 Å². The van der Waals surface area contributed by atoms with Gasteiger partial charge in [-0.2, -0.15) is 11.3 Å². The Kier molecular flexibility index (Phi) is 6.39. The van der Waals surface area contributed by atoms with E-state index < -0.39 is 0 Å². The zero-order valence-electron chi connectivity index (χ0n) is 19.0. The second-order valence-electron chi connectivity index (χ2n) is 8.07. The van der Waals surface area contributed by atoms with Gasteiger partial charge < -0.3 is 25.2 Å². The molecule has 4 heterocycles. The second-order valence-corrected chi connectivity index (χ2v) is 8.85. The molecule has 1 aromatic carbocycles. The number of carbonyl (C=O) groups excluding carboxylic acids is 2. The van der Waals surface area contributed by atoms with E-state index in [1.807, 2.05) is 41.9 Å². The van der Waals surface area contributed by atoms with Gasteiger partial charge in [0.15, 0.2) is 17.1 Å². The monoisotopic (exact) mass is 492 g/mol. The number of nitrogens with one attached hydrogen (secondary N) is 2. The Morgan fingerprint density at radius 1 is 1.20 bits per heavy atom. The number of amides is 2. The van der Waals surface area contributed by atoms with Crippen LogP contribution in [0.2, 0.25) is 0 Å². The van der Waals surface area contributed by atoms with Crippen molar-refractivity contribution in [3.8, 4) is 22.8 Å². The van der Waals surface area contributed by atoms with Crippen molar-refractivity contribution in [3.63, 3.8) is 0 Å². The van der Waals surface area contributed by atoms with Crippen LogP contribution in [-0.4, -0.2) is 45.7 Å². The minimum Gasteiger partial charge on any atom is -0.454 e. The minimum atomic E-state index is -0.378. The van der Waals surface area contributed by atoms with Crippen molar-refractivity contribution >= 4 is 28.8 Å². The van der Waals surface area contributed by atoms with Crippen LogP contribution in [0.1, 0.15) is 39.8 Å². The fourth-order valence-corrected chi connectivity index (χ4v) is 4.56. The van der Waals surface area contributed by atoms with Crippen LogP contribution in [0.5, 0.6) is 11.5 Å². The van der Waals surface area contributed by atoms with Gasteiger partial charge in [-0.25, -0.2) is 4.98 Å². The van der Waals surface area contributed by atoms with Crippen LogP contribution in [-0.2, 0) is 6.54 Å². The second kappa shape index (κ2) is 9.77. The van der Waals surface area contributed by atoms with Gasteiger partial charge in [-0.1, -0.05) is 13.0 Å². The third-order valence-electron chi connectivity index (χ3n) is 5.84. The lowest BCUT2D eigenvalue weighted by Crippen LogP contribution is -2.37. The van der Waals surface area contributed by atoms with Crippen LogP contribution in [0.25, 0.3) is 16.9 Å². The maximum Gasteiger partial charge on any atom is 0.270 e. The smallest absolute Gasteiger partial charge is 0.270 e. The first-order valence-electron chi connectivity index (χ1n) is 11.2. The summed E-state index contributed by atoms with van der Waals surface area (Å²) in [5, 5.41) is 19.1. The largest absolute Gasteiger partial charge is 0.454 e. The van der Waals surface area contributed by atoms with Crippen LogP contribution in [0, 0.1) is 0 Å². The summed E-state index contributed by atoms with van der Waals surface area (Å²) in [6.07, 6.45) is 2.29. The lowest BCUT2D eigenvalue weighted by atomic mass is 10.1. The minimum absolute atomic E-state index is 0.166. The van der Waals surface area contributed by atoms with Gasteiger partial charge >= 0.3 is 0 Å². The Bertz CT molecular complexity index is 1380. The topological polar surface area (TPSA) is 114 Å². The van der Waals surface area contributed by atoms with Crippen LogP contribution < -0.4 is 20.1 Å². The fraction of sp³-hybridized carbons (Fsp3) is 0.240. The normalized spacial score (nSPS) is 13.1. The predicted octanol–water partition coefficient (Wildman–Crippen LogP) is 3.22. The molecule has 3 N–H and O–H groups in total. The first-order chi connectivity index (χ1) is 17.1. The quantitative estimate of drug-likeness (QED) is 0.348. The highest BCUT2D eigenvalue weighted by Gasteiger charge is 2.25. The Morgan fingerprint density at radius 2 is 2.06 bits per heavy atom. The van der Waals surface area contributed by atoms with Gasteiger partial charge in [0.1, 0.15) is 11.4 Å². The van der Waals surface area contributed by atoms with Gasteiger partial charge in [0.2, 0.25) is 6.79 Å². The summed E-state index contributed by atoms with van der Waals surface area (Å²) in [5.74, 6) is 0.651. The number of nitrogens with zero attached hydrogens (tertiary/aromatic N) is 2. The van der Waals surface area contributed by atoms with E-state index in [-0.39, 0.29) is 37.8 Å². The molecule has 35 heavy (non-hydrogen) atoms. The van der Waals surface area contributed by atoms with Gasteiger partial charge in [0.25, 0.3) is 11.8 Å². The van der Waals surface area contributed by atoms with Crippen molar-refractivity contribution in [1.82, 2.24) is 20.0 Å². The van der Waals surface area contributed by atoms with Gasteiger partial charge in [-0.15, -0.1) is 0 Å². The summed E-state index contributed by atoms with van der Waals surface area (Å²) < 4.78 is 12.4. The molecule has 0 saturated carbocycles. The number of fused-ring (bicyclic) bond motifs is 2. The van der Waals surface area contributed by atoms with Crippen LogP contribution in [0.15, 0.2) is 53.4 Å². The molecule has 0 saturated heterocycles. The number of hydrogen-bond acceptors (Lipinski definition) is 7. The van der Waals surface area contributed by atoms with Crippen molar-refractivity contribution in [2.75, 3.05) is 13.4 Å². The van der Waals surface area contributed by atoms with Crippen LogP contribution in [0.4, 0.5) is 0 Å². The SMILES string of the molecule is CC[C@H](CO)NC(=O)c1c(-c2ccsc2)nc2c(C(=O)NCc3ccc4c(c3)OCO4)cccn12. The molecule has 0 fully saturated rings. The lowest BCUT2D eigenvalue weighted by Gasteiger charge is -2.14. The zero-order valence-corrected chi connectivity index (χ0v) is 19.8. The molecule has 9 nitrogen and oxygen atoms in total. The third kappa shape index (κ3) is 4.45. The molecule has 0 spiro atoms. The van der Waals surface area contributed by atoms with Crippen molar-refractivity contribution in [2.24, 2.45) is 0 Å². The number of thiophene rings is 1. The molecule has 1 aliphatic rings. The molecule has 0 unspecified atom stereocenters. The average molecular weight is 493 g/mol. The first kappa shape index (κ1) is 22.9. The highest BCUT2D eigenvalue weighted by molar-refractivity contribution is 7.08. The Labute approximate surface area is 205 Å². The number of imidazole rings is 1. The molecular weight excluding hydrogens is 468 g/mol. The van der Waals surface area contributed by atoms with Gasteiger partial charge in [0, 0.05) is 23.7 Å². The van der Waals surface area contributed by atoms with E-state index >= 15 is 0 Å². The Balaban J connectivity index is 1.47. The maximum atomic E-state index is 13.2. The number of rotatable bonds is 8. The summed E-state index contributed by atoms with van der Waals surface area (Å²) in [7, 11) is 0. The van der Waals surface area contributed by atoms with E-state index in [0.717, 1.165) is 11.1 Å². The number of hydrogen-bond donors (Lipinski definition) is 3. The fourth-order valence-electron chi connectivity index (χ4n) is 3.92. The molecule has 0 bridgehead atoms. The Morgan fingerprint density at radius 3 is 2.83 bits per heavy atom. The molecule has 5 rings (SSSR count). The molecule has 0 aliphatic carbocycles. The first-order valence-corrected chi connectivity index (χ1v) is 12.2. The number of carbonyl (C=O) groups is 2. The van der Waals surface area contributed by atoms with Gasteiger partial charge in [-0.3, -0.25) is 14.0 Å². The highest BCUT2D eigenvalue weighted by atomic mass is 32.1. The molecule has 1 atom stereocenters. The summed E-state index contributed by atoms with van der Waals surface area (Å²) in [6, 6.07) is 10.4. The molecule has 2 amide bonds. The number of aliphatic hydroxyl groups is 1. The summed E-state index contributed by atoms with van der Waals surface area (Å²) in [6.45, 7) is 2.20. The van der Waals surface area contributed by atoms with Crippen molar-refractivity contribution < 1.29 is 24.2 Å². The third-order valence-corrected chi connectivity index (χ3v) is 6.53. The molecule has 1 aliphatic heterocycles. The maximum absolute atomic E-state index is 13.2. The van der Waals surface area contributed by atoms with E-state index in [2.05, 4.69) is 10.6 Å². The zero-order chi connectivity index (χ0) is 24.4. The molecule has 3 aromatic heterocycles. The predicted molar refractivity (Wildman–Crippen MR) is 131 cm³/mol. The van der Waals surface area contributed by atoms with E-state index in [4.69, 9.17) is 14.5 Å². The molecule has 10 heteroatoms. The summed E-state index contributed by atoms with van der Waals surface area (Å²) in [5.41, 5.74) is 3.17. The summed E-state index contributed by atoms with van der Waals surface area (Å²) >= 11 is 1.49. The number of ether oxygens (including phenoxy) is 2. The van der Waals surface area contributed by atoms with E-state index in [1.165, 1.54) is 11.3 Å². The lowest BCUT2D eigenvalue weighted by molar-refractivity contribution is 0.0907. The van der Waals surface area contributed by atoms with Crippen LogP contribution >= 0.6 is 11.3 Å². The van der Waals surface area contributed by atoms with E-state index in [0.29, 0.717) is 40.5 Å². The van der Waals surface area contributed by atoms with Crippen molar-refractivity contribution in [1.29, 1.82) is 0 Å². The number of pyridine rings is 1. The van der Waals surface area contributed by atoms with Gasteiger partial charge in [-0.05, 0) is 47.7 Å². The molecular formula is C25H24N4O5S. The standard InChI is InChI=1S/C25H24N4O5S/c1-2-17(12-30)27-25(32)22-21(16-7-9-35-13-16)28-23-18(4-3-8-29(22)23)24(31)26-11-15-5-6-19-20(10-15)34-14-33-19/h3-10,13,17,30H,2,11-12,14H2,1H3,(H,26,31)(H,27,32)/t17-/m1/s1. The number of aromatic nitrogens is 2. The highest BCUT2D eigenvalue weighted by Crippen LogP contribution is 2.32. The molecule has 4 aromatic rings. The Hall–Kier alpha value is -3.89. The van der Waals surface area contributed by atoms with Crippen molar-refractivity contribution in [2.45, 2.75) is 25.9 Å². The molecule has 0 radical (unpaired) electrons. The van der Waals surface area contributed by atoms with E-state index in [9.17, 15) is 14.7 Å². The van der Waals surface area contributed by atoms with E-state index in [1.54, 1.807) is 22.7 Å².